The first-order valence-corrected chi connectivity index (χ1v) is 6.29. The lowest BCUT2D eigenvalue weighted by Crippen LogP contribution is -2.07. The molecule has 0 saturated heterocycles. The number of aromatic nitrogens is 2. The van der Waals surface area contributed by atoms with Crippen molar-refractivity contribution in [2.24, 2.45) is 0 Å². The summed E-state index contributed by atoms with van der Waals surface area (Å²) in [5.74, 6) is 0. The van der Waals surface area contributed by atoms with Crippen LogP contribution < -0.4 is 5.32 Å². The van der Waals surface area contributed by atoms with Crippen molar-refractivity contribution in [1.29, 1.82) is 5.26 Å². The number of benzene rings is 1. The molecule has 1 N–H and O–H groups in total. The molecule has 0 amide bonds. The van der Waals surface area contributed by atoms with Crippen LogP contribution in [0.3, 0.4) is 0 Å². The normalized spacial score (nSPS) is 10.5. The Morgan fingerprint density at radius 3 is 2.58 bits per heavy atom. The predicted octanol–water partition coefficient (Wildman–Crippen LogP) is 2.39. The van der Waals surface area contributed by atoms with E-state index < -0.39 is 0 Å². The molecule has 4 heteroatoms. The summed E-state index contributed by atoms with van der Waals surface area (Å²) >= 11 is 0. The van der Waals surface area contributed by atoms with E-state index in [4.69, 9.17) is 0 Å². The van der Waals surface area contributed by atoms with Gasteiger partial charge in [0.2, 0.25) is 0 Å². The molecule has 0 bridgehead atoms. The van der Waals surface area contributed by atoms with E-state index in [1.54, 1.807) is 0 Å². The van der Waals surface area contributed by atoms with Crippen molar-refractivity contribution in [2.45, 2.75) is 27.3 Å². The second kappa shape index (κ2) is 5.25. The summed E-state index contributed by atoms with van der Waals surface area (Å²) < 4.78 is 1.85. The quantitative estimate of drug-likeness (QED) is 0.915. The number of rotatable bonds is 3. The molecule has 0 aliphatic heterocycles. The van der Waals surface area contributed by atoms with E-state index in [0.717, 1.165) is 29.2 Å². The van der Waals surface area contributed by atoms with Gasteiger partial charge in [0, 0.05) is 12.2 Å². The molecule has 0 radical (unpaired) electrons. The molecule has 1 aromatic heterocycles. The Bertz CT molecular complexity index is 647. The summed E-state index contributed by atoms with van der Waals surface area (Å²) in [4.78, 5) is 0. The second-order valence-corrected chi connectivity index (χ2v) is 4.70. The number of hydrogen-bond donors (Lipinski definition) is 1. The van der Waals surface area contributed by atoms with Gasteiger partial charge in [0.1, 0.15) is 6.07 Å². The molecule has 0 aliphatic rings. The van der Waals surface area contributed by atoms with Crippen molar-refractivity contribution in [3.63, 3.8) is 0 Å². The monoisotopic (exact) mass is 254 g/mol. The summed E-state index contributed by atoms with van der Waals surface area (Å²) in [5, 5.41) is 16.9. The number of nitrogens with one attached hydrogen (secondary N) is 1. The van der Waals surface area contributed by atoms with Gasteiger partial charge in [-0.1, -0.05) is 6.07 Å². The lowest BCUT2D eigenvalue weighted by Gasteiger charge is -2.09. The van der Waals surface area contributed by atoms with Crippen LogP contribution in [0.5, 0.6) is 0 Å². The van der Waals surface area contributed by atoms with Crippen LogP contribution >= 0.6 is 0 Å². The largest absolute Gasteiger partial charge is 0.316 e. The third-order valence-corrected chi connectivity index (χ3v) is 3.44. The Balaban J connectivity index is 2.56. The first-order valence-electron chi connectivity index (χ1n) is 6.29. The maximum absolute atomic E-state index is 9.33. The molecule has 4 nitrogen and oxygen atoms in total. The van der Waals surface area contributed by atoms with Crippen LogP contribution in [0, 0.1) is 32.1 Å². The molecule has 98 valence electrons. The minimum absolute atomic E-state index is 0.651. The Morgan fingerprint density at radius 2 is 2.05 bits per heavy atom. The Labute approximate surface area is 113 Å². The highest BCUT2D eigenvalue weighted by molar-refractivity contribution is 5.51. The fraction of sp³-hybridized carbons (Fsp3) is 0.333. The van der Waals surface area contributed by atoms with E-state index in [1.165, 1.54) is 5.56 Å². The van der Waals surface area contributed by atoms with Crippen molar-refractivity contribution in [3.8, 4) is 11.8 Å². The van der Waals surface area contributed by atoms with Crippen molar-refractivity contribution >= 4 is 0 Å². The molecule has 1 heterocycles. The summed E-state index contributed by atoms with van der Waals surface area (Å²) in [6.45, 7) is 6.82. The molecule has 0 unspecified atom stereocenters. The number of nitriles is 1. The molecule has 2 aromatic rings. The van der Waals surface area contributed by atoms with Gasteiger partial charge < -0.3 is 5.32 Å². The van der Waals surface area contributed by atoms with Gasteiger partial charge in [0.05, 0.1) is 16.9 Å². The maximum Gasteiger partial charge on any atom is 0.101 e. The highest BCUT2D eigenvalue weighted by Gasteiger charge is 2.12. The Hall–Kier alpha value is -2.12. The average molecular weight is 254 g/mol. The zero-order chi connectivity index (χ0) is 14.0. The van der Waals surface area contributed by atoms with Crippen molar-refractivity contribution in [1.82, 2.24) is 15.1 Å². The molecule has 0 aliphatic carbocycles. The molecule has 2 rings (SSSR count). The van der Waals surface area contributed by atoms with Crippen LogP contribution in [0.1, 0.15) is 28.1 Å². The minimum Gasteiger partial charge on any atom is -0.316 e. The third kappa shape index (κ3) is 2.38. The van der Waals surface area contributed by atoms with E-state index in [0.29, 0.717) is 5.56 Å². The van der Waals surface area contributed by atoms with Gasteiger partial charge >= 0.3 is 0 Å². The van der Waals surface area contributed by atoms with E-state index >= 15 is 0 Å². The average Bonchev–Trinajstić information content (AvgIpc) is 2.67. The van der Waals surface area contributed by atoms with Gasteiger partial charge in [-0.25, -0.2) is 4.68 Å². The van der Waals surface area contributed by atoms with E-state index in [-0.39, 0.29) is 0 Å². The molecule has 0 atom stereocenters. The van der Waals surface area contributed by atoms with E-state index in [9.17, 15) is 5.26 Å². The summed E-state index contributed by atoms with van der Waals surface area (Å²) in [5.41, 5.74) is 5.84. The van der Waals surface area contributed by atoms with Gasteiger partial charge in [-0.2, -0.15) is 10.4 Å². The van der Waals surface area contributed by atoms with E-state index in [1.807, 2.05) is 43.8 Å². The maximum atomic E-state index is 9.33. The van der Waals surface area contributed by atoms with Gasteiger partial charge in [-0.15, -0.1) is 0 Å². The predicted molar refractivity (Wildman–Crippen MR) is 75.3 cm³/mol. The topological polar surface area (TPSA) is 53.6 Å². The van der Waals surface area contributed by atoms with Gasteiger partial charge in [0.25, 0.3) is 0 Å². The number of nitrogens with zero attached hydrogens (tertiary/aromatic N) is 3. The third-order valence-electron chi connectivity index (χ3n) is 3.44. The van der Waals surface area contributed by atoms with Crippen molar-refractivity contribution in [3.05, 3.63) is 46.3 Å². The molecule has 0 saturated carbocycles. The van der Waals surface area contributed by atoms with Gasteiger partial charge in [0.15, 0.2) is 0 Å². The second-order valence-electron chi connectivity index (χ2n) is 4.70. The van der Waals surface area contributed by atoms with Crippen LogP contribution in [0.2, 0.25) is 0 Å². The highest BCUT2D eigenvalue weighted by Crippen LogP contribution is 2.20. The van der Waals surface area contributed by atoms with Crippen LogP contribution in [-0.4, -0.2) is 16.8 Å². The molecule has 0 spiro atoms. The summed E-state index contributed by atoms with van der Waals surface area (Å²) in [7, 11) is 1.89. The first-order chi connectivity index (χ1) is 9.08. The smallest absolute Gasteiger partial charge is 0.101 e. The first kappa shape index (κ1) is 13.3. The zero-order valence-electron chi connectivity index (χ0n) is 11.8. The number of aryl methyl sites for hydroxylation is 1. The molecular formula is C15H18N4. The minimum atomic E-state index is 0.651. The standard InChI is InChI=1S/C15H18N4/c1-10-11(2)18-19(12(10)3)15-6-5-13(9-17-4)7-14(15)8-16/h5-7,17H,9H2,1-4H3. The van der Waals surface area contributed by atoms with Crippen LogP contribution in [0.25, 0.3) is 5.69 Å². The van der Waals surface area contributed by atoms with Crippen LogP contribution in [0.15, 0.2) is 18.2 Å². The van der Waals surface area contributed by atoms with Crippen LogP contribution in [0.4, 0.5) is 0 Å². The molecular weight excluding hydrogens is 236 g/mol. The van der Waals surface area contributed by atoms with Gasteiger partial charge in [-0.3, -0.25) is 0 Å². The fourth-order valence-electron chi connectivity index (χ4n) is 2.13. The molecule has 1 aromatic carbocycles. The highest BCUT2D eigenvalue weighted by atomic mass is 15.3. The summed E-state index contributed by atoms with van der Waals surface area (Å²) in [6.07, 6.45) is 0. The lowest BCUT2D eigenvalue weighted by atomic mass is 10.1. The zero-order valence-corrected chi connectivity index (χ0v) is 11.8. The molecule has 0 fully saturated rings. The van der Waals surface area contributed by atoms with Crippen molar-refractivity contribution in [2.75, 3.05) is 7.05 Å². The Kier molecular flexibility index (Phi) is 3.68. The molecule has 19 heavy (non-hydrogen) atoms. The Morgan fingerprint density at radius 1 is 1.32 bits per heavy atom. The fourth-order valence-corrected chi connectivity index (χ4v) is 2.13. The summed E-state index contributed by atoms with van der Waals surface area (Å²) in [6, 6.07) is 8.16. The van der Waals surface area contributed by atoms with Gasteiger partial charge in [-0.05, 0) is 51.1 Å². The SMILES string of the molecule is CNCc1ccc(-n2nc(C)c(C)c2C)c(C#N)c1. The lowest BCUT2D eigenvalue weighted by molar-refractivity contribution is 0.808. The van der Waals surface area contributed by atoms with E-state index in [2.05, 4.69) is 23.4 Å². The van der Waals surface area contributed by atoms with Crippen molar-refractivity contribution < 1.29 is 0 Å². The van der Waals surface area contributed by atoms with Crippen LogP contribution in [-0.2, 0) is 6.54 Å². The number of hydrogen-bond acceptors (Lipinski definition) is 3.